The Hall–Kier alpha value is -6.56. The third kappa shape index (κ3) is 6.61. The fraction of sp³-hybridized carbons (Fsp3) is 0.200. The number of carbonyl (C=O) groups excluding carboxylic acids is 2. The van der Waals surface area contributed by atoms with Gasteiger partial charge < -0.3 is 24.6 Å². The van der Waals surface area contributed by atoms with Gasteiger partial charge in [-0.2, -0.15) is 0 Å². The second-order valence-electron chi connectivity index (χ2n) is 14.0. The molecule has 0 aliphatic carbocycles. The molecule has 1 aromatic heterocycles. The van der Waals surface area contributed by atoms with Crippen LogP contribution in [0.15, 0.2) is 140 Å². The van der Waals surface area contributed by atoms with Crippen LogP contribution in [-0.2, 0) is 23.5 Å². The van der Waals surface area contributed by atoms with Gasteiger partial charge in [-0.3, -0.25) is 19.2 Å². The molecule has 0 spiro atoms. The van der Waals surface area contributed by atoms with Crippen LogP contribution in [0.4, 0.5) is 17.1 Å². The Bertz CT molecular complexity index is 2430. The number of rotatable bonds is 12. The maximum atomic E-state index is 14.5. The summed E-state index contributed by atoms with van der Waals surface area (Å²) < 4.78 is 13.4. The van der Waals surface area contributed by atoms with Gasteiger partial charge in [0.2, 0.25) is 0 Å². The highest BCUT2D eigenvalue weighted by Crippen LogP contribution is 2.48. The van der Waals surface area contributed by atoms with Crippen LogP contribution in [0.1, 0.15) is 52.0 Å². The molecule has 8 rings (SSSR count). The van der Waals surface area contributed by atoms with Crippen molar-refractivity contribution in [1.82, 2.24) is 15.0 Å². The molecule has 2 aliphatic rings. The zero-order chi connectivity index (χ0) is 38.8. The van der Waals surface area contributed by atoms with E-state index in [1.165, 1.54) is 0 Å². The number of aryl methyl sites for hydroxylation is 1. The predicted molar refractivity (Wildman–Crippen MR) is 212 cm³/mol. The zero-order valence-corrected chi connectivity index (χ0v) is 31.0. The highest BCUT2D eigenvalue weighted by atomic mass is 16.5. The van der Waals surface area contributed by atoms with Crippen molar-refractivity contribution in [3.05, 3.63) is 168 Å². The van der Waals surface area contributed by atoms with Crippen molar-refractivity contribution < 1.29 is 29.3 Å². The first-order valence-corrected chi connectivity index (χ1v) is 18.5. The molecular weight excluding hydrogens is 707 g/mol. The van der Waals surface area contributed by atoms with Crippen LogP contribution in [-0.4, -0.2) is 50.7 Å². The predicted octanol–water partition coefficient (Wildman–Crippen LogP) is 7.51. The number of carbonyl (C=O) groups is 2. The standard InChI is InChI=1S/C45H41N5O6/c1-30(13-10-11-24-48-28-38(46-47-48)36(29-51)32-15-4-3-5-16-32)45(54)37-26-34(55-2)22-23-39(37)49(44(45)53)27-31-14-12-17-33(25-31)50-40-19-7-9-21-42(40)56-41-20-8-6-18-35(41)43(50)52/h3-10,12-23,25-26,28,30,36,51,54H,11,24,27,29H2,1-2H3/b13-10+/t30-,36?,45+/m1/s1. The number of hydrogen-bond donors (Lipinski definition) is 2. The number of aliphatic hydroxyl groups excluding tert-OH is 1. The Labute approximate surface area is 324 Å². The second kappa shape index (κ2) is 15.3. The number of para-hydroxylation sites is 3. The van der Waals surface area contributed by atoms with Crippen LogP contribution >= 0.6 is 0 Å². The van der Waals surface area contributed by atoms with Crippen LogP contribution in [0.5, 0.6) is 17.2 Å². The molecule has 0 saturated heterocycles. The first kappa shape index (κ1) is 36.4. The van der Waals surface area contributed by atoms with Gasteiger partial charge in [0.15, 0.2) is 11.4 Å². The quantitative estimate of drug-likeness (QED) is 0.123. The molecule has 3 heterocycles. The van der Waals surface area contributed by atoms with E-state index < -0.39 is 17.4 Å². The Kier molecular flexibility index (Phi) is 9.94. The molecule has 2 amide bonds. The van der Waals surface area contributed by atoms with E-state index in [0.717, 1.165) is 11.1 Å². The van der Waals surface area contributed by atoms with Crippen LogP contribution in [0.3, 0.4) is 0 Å². The van der Waals surface area contributed by atoms with Gasteiger partial charge in [-0.05, 0) is 72.1 Å². The summed E-state index contributed by atoms with van der Waals surface area (Å²) in [7, 11) is 1.55. The number of amides is 2. The molecule has 0 fully saturated rings. The summed E-state index contributed by atoms with van der Waals surface area (Å²) in [5.74, 6) is -0.0297. The van der Waals surface area contributed by atoms with E-state index in [1.807, 2.05) is 110 Å². The first-order valence-electron chi connectivity index (χ1n) is 18.5. The molecule has 11 nitrogen and oxygen atoms in total. The van der Waals surface area contributed by atoms with Crippen molar-refractivity contribution in [1.29, 1.82) is 0 Å². The SMILES string of the molecule is COc1ccc2c(c1)[C@@](O)([C@H](C)/C=C/CCn1cc(C(CO)c3ccccc3)nn1)C(=O)N2Cc1cccc(N2C(=O)c3ccccc3Oc3ccccc32)c1. The number of anilines is 3. The summed E-state index contributed by atoms with van der Waals surface area (Å²) in [6.07, 6.45) is 6.19. The van der Waals surface area contributed by atoms with E-state index in [2.05, 4.69) is 10.3 Å². The highest BCUT2D eigenvalue weighted by Gasteiger charge is 2.52. The number of hydrogen-bond acceptors (Lipinski definition) is 8. The summed E-state index contributed by atoms with van der Waals surface area (Å²) in [5.41, 5.74) is 3.21. The topological polar surface area (TPSA) is 130 Å². The average molecular weight is 748 g/mol. The maximum Gasteiger partial charge on any atom is 0.266 e. The molecule has 282 valence electrons. The van der Waals surface area contributed by atoms with Crippen LogP contribution in [0, 0.1) is 5.92 Å². The number of aromatic nitrogens is 3. The lowest BCUT2D eigenvalue weighted by Gasteiger charge is -2.28. The van der Waals surface area contributed by atoms with E-state index in [0.29, 0.717) is 64.1 Å². The molecule has 0 saturated carbocycles. The van der Waals surface area contributed by atoms with E-state index in [9.17, 15) is 19.8 Å². The van der Waals surface area contributed by atoms with Crippen molar-refractivity contribution in [2.24, 2.45) is 5.92 Å². The lowest BCUT2D eigenvalue weighted by molar-refractivity contribution is -0.139. The minimum Gasteiger partial charge on any atom is -0.497 e. The Balaban J connectivity index is 1.03. The molecule has 0 bridgehead atoms. The van der Waals surface area contributed by atoms with Gasteiger partial charge in [0.1, 0.15) is 11.5 Å². The molecular formula is C45H41N5O6. The summed E-state index contributed by atoms with van der Waals surface area (Å²) in [6, 6.07) is 37.1. The van der Waals surface area contributed by atoms with Gasteiger partial charge in [0.25, 0.3) is 11.8 Å². The smallest absolute Gasteiger partial charge is 0.266 e. The van der Waals surface area contributed by atoms with Gasteiger partial charge in [-0.1, -0.05) is 91.0 Å². The molecule has 6 aromatic rings. The number of benzene rings is 5. The van der Waals surface area contributed by atoms with Crippen molar-refractivity contribution in [2.45, 2.75) is 38.0 Å². The van der Waals surface area contributed by atoms with E-state index in [4.69, 9.17) is 9.47 Å². The third-order valence-electron chi connectivity index (χ3n) is 10.5. The van der Waals surface area contributed by atoms with Crippen molar-refractivity contribution in [3.8, 4) is 17.2 Å². The molecule has 56 heavy (non-hydrogen) atoms. The molecule has 5 aromatic carbocycles. The maximum absolute atomic E-state index is 14.5. The molecule has 2 N–H and O–H groups in total. The summed E-state index contributed by atoms with van der Waals surface area (Å²) in [4.78, 5) is 31.8. The number of ether oxygens (including phenoxy) is 2. The first-order chi connectivity index (χ1) is 27.3. The zero-order valence-electron chi connectivity index (χ0n) is 31.0. The Morgan fingerprint density at radius 1 is 0.875 bits per heavy atom. The Morgan fingerprint density at radius 3 is 2.45 bits per heavy atom. The highest BCUT2D eigenvalue weighted by molar-refractivity contribution is 6.14. The van der Waals surface area contributed by atoms with Crippen LogP contribution in [0.25, 0.3) is 0 Å². The molecule has 2 aliphatic heterocycles. The summed E-state index contributed by atoms with van der Waals surface area (Å²) in [6.45, 7) is 2.40. The van der Waals surface area contributed by atoms with Crippen molar-refractivity contribution >= 4 is 28.9 Å². The lowest BCUT2D eigenvalue weighted by atomic mass is 9.83. The normalized spacial score (nSPS) is 17.2. The van der Waals surface area contributed by atoms with E-state index in [1.54, 1.807) is 58.0 Å². The van der Waals surface area contributed by atoms with Gasteiger partial charge in [-0.15, -0.1) is 5.10 Å². The molecule has 11 heteroatoms. The second-order valence-corrected chi connectivity index (χ2v) is 14.0. The molecule has 1 unspecified atom stereocenters. The number of fused-ring (bicyclic) bond motifs is 3. The molecule has 0 radical (unpaired) electrons. The monoisotopic (exact) mass is 747 g/mol. The number of allylic oxidation sites excluding steroid dienone is 1. The van der Waals surface area contributed by atoms with E-state index >= 15 is 0 Å². The van der Waals surface area contributed by atoms with Crippen molar-refractivity contribution in [2.75, 3.05) is 23.5 Å². The minimum absolute atomic E-state index is 0.0848. The fourth-order valence-corrected chi connectivity index (χ4v) is 7.54. The van der Waals surface area contributed by atoms with Gasteiger partial charge in [-0.25, -0.2) is 0 Å². The largest absolute Gasteiger partial charge is 0.497 e. The average Bonchev–Trinajstić information content (AvgIpc) is 3.74. The molecule has 3 atom stereocenters. The third-order valence-corrected chi connectivity index (χ3v) is 10.5. The number of methoxy groups -OCH3 is 1. The Morgan fingerprint density at radius 2 is 1.64 bits per heavy atom. The minimum atomic E-state index is -1.87. The van der Waals surface area contributed by atoms with Gasteiger partial charge in [0.05, 0.1) is 48.8 Å². The van der Waals surface area contributed by atoms with Crippen LogP contribution in [0.2, 0.25) is 0 Å². The van der Waals surface area contributed by atoms with Gasteiger partial charge >= 0.3 is 0 Å². The van der Waals surface area contributed by atoms with Crippen LogP contribution < -0.4 is 19.3 Å². The summed E-state index contributed by atoms with van der Waals surface area (Å²) in [5, 5.41) is 31.0. The number of nitrogens with zero attached hydrogens (tertiary/aromatic N) is 5. The van der Waals surface area contributed by atoms with Crippen molar-refractivity contribution in [3.63, 3.8) is 0 Å². The number of aliphatic hydroxyl groups is 2. The summed E-state index contributed by atoms with van der Waals surface area (Å²) >= 11 is 0. The lowest BCUT2D eigenvalue weighted by Crippen LogP contribution is -2.44. The van der Waals surface area contributed by atoms with E-state index in [-0.39, 0.29) is 25.0 Å². The van der Waals surface area contributed by atoms with Gasteiger partial charge in [0, 0.05) is 29.9 Å². The fourth-order valence-electron chi connectivity index (χ4n) is 7.54.